The molecule has 0 spiro atoms. The van der Waals surface area contributed by atoms with Gasteiger partial charge in [-0.3, -0.25) is 4.79 Å². The monoisotopic (exact) mass is 296 g/mol. The van der Waals surface area contributed by atoms with Crippen molar-refractivity contribution in [2.45, 2.75) is 39.2 Å². The van der Waals surface area contributed by atoms with Gasteiger partial charge in [0.2, 0.25) is 0 Å². The van der Waals surface area contributed by atoms with Gasteiger partial charge in [-0.1, -0.05) is 6.07 Å². The first-order valence-corrected chi connectivity index (χ1v) is 7.15. The highest BCUT2D eigenvalue weighted by Gasteiger charge is 2.27. The van der Waals surface area contributed by atoms with Gasteiger partial charge in [-0.15, -0.1) is 0 Å². The van der Waals surface area contributed by atoms with Crippen LogP contribution in [0.15, 0.2) is 18.2 Å². The molecule has 0 atom stereocenters. The highest BCUT2D eigenvalue weighted by Crippen LogP contribution is 2.27. The third-order valence-corrected chi connectivity index (χ3v) is 3.68. The Hall–Kier alpha value is -1.62. The SMILES string of the molecule is CC(C)(Cc1ccc(OC2CCOCC2)c(F)c1)C(=O)O. The van der Waals surface area contributed by atoms with E-state index in [2.05, 4.69) is 0 Å². The van der Waals surface area contributed by atoms with Crippen LogP contribution in [-0.4, -0.2) is 30.4 Å². The molecular formula is C16H21FO4. The minimum Gasteiger partial charge on any atom is -0.487 e. The second kappa shape index (κ2) is 6.43. The molecule has 1 fully saturated rings. The van der Waals surface area contributed by atoms with Crippen molar-refractivity contribution in [3.63, 3.8) is 0 Å². The molecule has 1 aromatic rings. The predicted octanol–water partition coefficient (Wildman–Crippen LogP) is 3.04. The highest BCUT2D eigenvalue weighted by molar-refractivity contribution is 5.74. The number of hydrogen-bond donors (Lipinski definition) is 1. The lowest BCUT2D eigenvalue weighted by Gasteiger charge is -2.24. The fourth-order valence-electron chi connectivity index (χ4n) is 2.31. The summed E-state index contributed by atoms with van der Waals surface area (Å²) < 4.78 is 25.0. The molecule has 0 aromatic heterocycles. The average Bonchev–Trinajstić information content (AvgIpc) is 2.42. The third kappa shape index (κ3) is 4.17. The van der Waals surface area contributed by atoms with Crippen molar-refractivity contribution in [1.29, 1.82) is 0 Å². The number of rotatable bonds is 5. The summed E-state index contributed by atoms with van der Waals surface area (Å²) in [5.41, 5.74) is -0.269. The number of halogens is 1. The van der Waals surface area contributed by atoms with E-state index in [4.69, 9.17) is 14.6 Å². The molecule has 1 heterocycles. The van der Waals surface area contributed by atoms with Gasteiger partial charge in [0.05, 0.1) is 18.6 Å². The maximum Gasteiger partial charge on any atom is 0.309 e. The minimum absolute atomic E-state index is 0.0189. The molecule has 1 saturated heterocycles. The van der Waals surface area contributed by atoms with Gasteiger partial charge in [0.25, 0.3) is 0 Å². The van der Waals surface area contributed by atoms with Crippen molar-refractivity contribution >= 4 is 5.97 Å². The molecule has 0 saturated carbocycles. The number of carbonyl (C=O) groups is 1. The van der Waals surface area contributed by atoms with E-state index in [-0.39, 0.29) is 18.3 Å². The van der Waals surface area contributed by atoms with Crippen LogP contribution in [0.1, 0.15) is 32.3 Å². The summed E-state index contributed by atoms with van der Waals surface area (Å²) in [5, 5.41) is 9.11. The van der Waals surface area contributed by atoms with Crippen LogP contribution in [0.4, 0.5) is 4.39 Å². The molecule has 21 heavy (non-hydrogen) atoms. The van der Waals surface area contributed by atoms with Crippen molar-refractivity contribution in [3.8, 4) is 5.75 Å². The Balaban J connectivity index is 2.05. The van der Waals surface area contributed by atoms with Crippen LogP contribution in [0.2, 0.25) is 0 Å². The lowest BCUT2D eigenvalue weighted by atomic mass is 9.86. The summed E-state index contributed by atoms with van der Waals surface area (Å²) in [7, 11) is 0. The first kappa shape index (κ1) is 15.8. The van der Waals surface area contributed by atoms with E-state index in [1.807, 2.05) is 0 Å². The van der Waals surface area contributed by atoms with Gasteiger partial charge in [-0.25, -0.2) is 4.39 Å². The zero-order valence-corrected chi connectivity index (χ0v) is 12.4. The predicted molar refractivity (Wildman–Crippen MR) is 76.0 cm³/mol. The van der Waals surface area contributed by atoms with E-state index in [0.717, 1.165) is 12.8 Å². The number of benzene rings is 1. The van der Waals surface area contributed by atoms with Gasteiger partial charge in [-0.05, 0) is 38.0 Å². The zero-order valence-electron chi connectivity index (χ0n) is 12.4. The maximum absolute atomic E-state index is 14.1. The van der Waals surface area contributed by atoms with E-state index in [9.17, 15) is 9.18 Å². The van der Waals surface area contributed by atoms with E-state index in [1.54, 1.807) is 26.0 Å². The van der Waals surface area contributed by atoms with Crippen LogP contribution in [0.5, 0.6) is 5.75 Å². The average molecular weight is 296 g/mol. The van der Waals surface area contributed by atoms with Crippen LogP contribution in [0.3, 0.4) is 0 Å². The summed E-state index contributed by atoms with van der Waals surface area (Å²) in [6, 6.07) is 4.67. The molecular weight excluding hydrogens is 275 g/mol. The smallest absolute Gasteiger partial charge is 0.309 e. The number of ether oxygens (including phenoxy) is 2. The Morgan fingerprint density at radius 2 is 2.10 bits per heavy atom. The maximum atomic E-state index is 14.1. The summed E-state index contributed by atoms with van der Waals surface area (Å²) in [6.07, 6.45) is 1.77. The van der Waals surface area contributed by atoms with Crippen LogP contribution < -0.4 is 4.74 Å². The van der Waals surface area contributed by atoms with Gasteiger partial charge in [0.15, 0.2) is 11.6 Å². The lowest BCUT2D eigenvalue weighted by molar-refractivity contribution is -0.146. The van der Waals surface area contributed by atoms with Crippen LogP contribution >= 0.6 is 0 Å². The Kier molecular flexibility index (Phi) is 4.83. The van der Waals surface area contributed by atoms with Crippen molar-refractivity contribution in [3.05, 3.63) is 29.6 Å². The molecule has 4 nitrogen and oxygen atoms in total. The second-order valence-electron chi connectivity index (χ2n) is 6.06. The molecule has 1 aliphatic rings. The lowest BCUT2D eigenvalue weighted by Crippen LogP contribution is -2.27. The summed E-state index contributed by atoms with van der Waals surface area (Å²) in [4.78, 5) is 11.1. The topological polar surface area (TPSA) is 55.8 Å². The third-order valence-electron chi connectivity index (χ3n) is 3.68. The Morgan fingerprint density at radius 1 is 1.43 bits per heavy atom. The van der Waals surface area contributed by atoms with Crippen LogP contribution in [-0.2, 0) is 16.0 Å². The van der Waals surface area contributed by atoms with Crippen LogP contribution in [0, 0.1) is 11.2 Å². The first-order chi connectivity index (χ1) is 9.88. The van der Waals surface area contributed by atoms with E-state index in [1.165, 1.54) is 6.07 Å². The summed E-state index contributed by atoms with van der Waals surface area (Å²) in [6.45, 7) is 4.52. The molecule has 0 bridgehead atoms. The van der Waals surface area contributed by atoms with Gasteiger partial charge in [0.1, 0.15) is 6.10 Å². The normalized spacial score (nSPS) is 16.7. The highest BCUT2D eigenvalue weighted by atomic mass is 19.1. The number of hydrogen-bond acceptors (Lipinski definition) is 3. The van der Waals surface area contributed by atoms with Gasteiger partial charge >= 0.3 is 5.97 Å². The fourth-order valence-corrected chi connectivity index (χ4v) is 2.31. The van der Waals surface area contributed by atoms with Gasteiger partial charge in [-0.2, -0.15) is 0 Å². The van der Waals surface area contributed by atoms with Gasteiger partial charge in [0, 0.05) is 12.8 Å². The van der Waals surface area contributed by atoms with Gasteiger partial charge < -0.3 is 14.6 Å². The molecule has 0 radical (unpaired) electrons. The molecule has 1 aromatic carbocycles. The molecule has 116 valence electrons. The molecule has 1 N–H and O–H groups in total. The summed E-state index contributed by atoms with van der Waals surface area (Å²) >= 11 is 0. The molecule has 2 rings (SSSR count). The van der Waals surface area contributed by atoms with Crippen molar-refractivity contribution in [2.24, 2.45) is 5.41 Å². The molecule has 5 heteroatoms. The van der Waals surface area contributed by atoms with Crippen LogP contribution in [0.25, 0.3) is 0 Å². The number of carboxylic acid groups (broad SMARTS) is 1. The van der Waals surface area contributed by atoms with Crippen molar-refractivity contribution in [2.75, 3.05) is 13.2 Å². The number of carboxylic acids is 1. The van der Waals surface area contributed by atoms with Crippen molar-refractivity contribution < 1.29 is 23.8 Å². The van der Waals surface area contributed by atoms with Crippen molar-refractivity contribution in [1.82, 2.24) is 0 Å². The Labute approximate surface area is 123 Å². The molecule has 0 amide bonds. The molecule has 0 aliphatic carbocycles. The standard InChI is InChI=1S/C16H21FO4/c1-16(2,15(18)19)10-11-3-4-14(13(17)9-11)21-12-5-7-20-8-6-12/h3-4,9,12H,5-8,10H2,1-2H3,(H,18,19). The molecule has 1 aliphatic heterocycles. The summed E-state index contributed by atoms with van der Waals surface area (Å²) in [5.74, 6) is -1.12. The quantitative estimate of drug-likeness (QED) is 0.907. The molecule has 0 unspecified atom stereocenters. The minimum atomic E-state index is -0.921. The van der Waals surface area contributed by atoms with E-state index >= 15 is 0 Å². The first-order valence-electron chi connectivity index (χ1n) is 7.15. The Bertz CT molecular complexity index is 507. The largest absolute Gasteiger partial charge is 0.487 e. The van der Waals surface area contributed by atoms with E-state index in [0.29, 0.717) is 18.8 Å². The zero-order chi connectivity index (χ0) is 15.5. The second-order valence-corrected chi connectivity index (χ2v) is 6.06. The number of aliphatic carboxylic acids is 1. The fraction of sp³-hybridized carbons (Fsp3) is 0.562. The van der Waals surface area contributed by atoms with E-state index < -0.39 is 17.2 Å². The Morgan fingerprint density at radius 3 is 2.67 bits per heavy atom.